The molecule has 1 heterocycles. The summed E-state index contributed by atoms with van der Waals surface area (Å²) in [5.41, 5.74) is 1.72. The average molecular weight is 411 g/mol. The second-order valence-corrected chi connectivity index (χ2v) is 7.29. The fourth-order valence-electron chi connectivity index (χ4n) is 2.57. The lowest BCUT2D eigenvalue weighted by atomic mass is 10.1. The summed E-state index contributed by atoms with van der Waals surface area (Å²) in [6.07, 6.45) is 0.202. The minimum Gasteiger partial charge on any atom is -0.496 e. The van der Waals surface area contributed by atoms with Crippen LogP contribution in [0.15, 0.2) is 35.7 Å². The summed E-state index contributed by atoms with van der Waals surface area (Å²) in [4.78, 5) is 11.6. The van der Waals surface area contributed by atoms with Gasteiger partial charge in [0.25, 0.3) is 0 Å². The molecule has 0 aliphatic rings. The molecule has 7 heteroatoms. The third kappa shape index (κ3) is 4.06. The van der Waals surface area contributed by atoms with Crippen molar-refractivity contribution in [2.75, 3.05) is 14.2 Å². The lowest BCUT2D eigenvalue weighted by molar-refractivity contribution is -0.139. The number of hydrogen-bond acceptors (Lipinski definition) is 5. The van der Waals surface area contributed by atoms with Crippen molar-refractivity contribution in [2.24, 2.45) is 0 Å². The molecule has 0 atom stereocenters. The van der Waals surface area contributed by atoms with Gasteiger partial charge in [-0.15, -0.1) is 11.3 Å². The zero-order chi connectivity index (χ0) is 18.7. The van der Waals surface area contributed by atoms with E-state index in [-0.39, 0.29) is 12.4 Å². The number of halogens is 2. The lowest BCUT2D eigenvalue weighted by Gasteiger charge is -2.11. The molecule has 3 rings (SSSR count). The quantitative estimate of drug-likeness (QED) is 0.502. The van der Waals surface area contributed by atoms with Crippen LogP contribution in [0.25, 0.3) is 10.1 Å². The van der Waals surface area contributed by atoms with Crippen molar-refractivity contribution in [2.45, 2.75) is 13.0 Å². The minimum absolute atomic E-state index is 0.202. The molecule has 4 nitrogen and oxygen atoms in total. The number of hydrogen-bond donors (Lipinski definition) is 0. The molecule has 0 aliphatic heterocycles. The van der Waals surface area contributed by atoms with Crippen LogP contribution in [0.4, 0.5) is 0 Å². The molecular weight excluding hydrogens is 395 g/mol. The Balaban J connectivity index is 1.87. The van der Waals surface area contributed by atoms with Gasteiger partial charge >= 0.3 is 5.97 Å². The number of esters is 1. The number of ether oxygens (including phenoxy) is 3. The largest absolute Gasteiger partial charge is 0.496 e. The highest BCUT2D eigenvalue weighted by atomic mass is 35.5. The molecule has 2 aromatic carbocycles. The van der Waals surface area contributed by atoms with Crippen molar-refractivity contribution in [3.8, 4) is 11.5 Å². The van der Waals surface area contributed by atoms with Crippen molar-refractivity contribution < 1.29 is 19.0 Å². The monoisotopic (exact) mass is 410 g/mol. The molecule has 136 valence electrons. The first-order valence-corrected chi connectivity index (χ1v) is 9.37. The number of methoxy groups -OCH3 is 2. The molecule has 0 unspecified atom stereocenters. The van der Waals surface area contributed by atoms with Crippen LogP contribution < -0.4 is 9.47 Å². The predicted molar refractivity (Wildman–Crippen MR) is 105 cm³/mol. The summed E-state index contributed by atoms with van der Waals surface area (Å²) in [5.74, 6) is 1.02. The third-order valence-electron chi connectivity index (χ3n) is 3.88. The summed E-state index contributed by atoms with van der Waals surface area (Å²) >= 11 is 13.6. The number of thiophene rings is 1. The molecule has 0 spiro atoms. The summed E-state index contributed by atoms with van der Waals surface area (Å²) in [6.45, 7) is 0.311. The van der Waals surface area contributed by atoms with E-state index in [9.17, 15) is 4.79 Å². The van der Waals surface area contributed by atoms with Crippen LogP contribution in [0.1, 0.15) is 11.1 Å². The fraction of sp³-hybridized carbons (Fsp3) is 0.211. The van der Waals surface area contributed by atoms with Gasteiger partial charge in [-0.25, -0.2) is 0 Å². The molecule has 0 aliphatic carbocycles. The maximum atomic E-state index is 11.6. The van der Waals surface area contributed by atoms with Crippen molar-refractivity contribution in [1.29, 1.82) is 0 Å². The van der Waals surface area contributed by atoms with Gasteiger partial charge in [0, 0.05) is 31.8 Å². The van der Waals surface area contributed by atoms with E-state index >= 15 is 0 Å². The molecule has 0 saturated carbocycles. The molecule has 1 aromatic heterocycles. The molecule has 0 saturated heterocycles. The van der Waals surface area contributed by atoms with Crippen LogP contribution in [0.2, 0.25) is 10.0 Å². The van der Waals surface area contributed by atoms with Crippen molar-refractivity contribution in [3.05, 3.63) is 56.9 Å². The van der Waals surface area contributed by atoms with Gasteiger partial charge in [-0.05, 0) is 29.1 Å². The van der Waals surface area contributed by atoms with Crippen LogP contribution >= 0.6 is 34.5 Å². The Morgan fingerprint density at radius 3 is 2.62 bits per heavy atom. The molecule has 26 heavy (non-hydrogen) atoms. The smallest absolute Gasteiger partial charge is 0.310 e. The standard InChI is InChI=1S/C19H16Cl2O4S/c1-23-16-7-14(25-9-11-3-4-13(20)6-15(11)21)8-17-19(16)12(10-26-17)5-18(22)24-2/h3-4,6-8,10H,5,9H2,1-2H3. The van der Waals surface area contributed by atoms with Gasteiger partial charge in [0.2, 0.25) is 0 Å². The normalized spacial score (nSPS) is 10.8. The lowest BCUT2D eigenvalue weighted by Crippen LogP contribution is -2.04. The molecule has 0 bridgehead atoms. The van der Waals surface area contributed by atoms with Crippen molar-refractivity contribution in [3.63, 3.8) is 0 Å². The van der Waals surface area contributed by atoms with E-state index in [0.717, 1.165) is 21.2 Å². The van der Waals surface area contributed by atoms with E-state index in [1.807, 2.05) is 17.5 Å². The number of rotatable bonds is 6. The molecule has 0 fully saturated rings. The van der Waals surface area contributed by atoms with Crippen LogP contribution in [0.5, 0.6) is 11.5 Å². The number of fused-ring (bicyclic) bond motifs is 1. The van der Waals surface area contributed by atoms with Crippen LogP contribution in [0.3, 0.4) is 0 Å². The summed E-state index contributed by atoms with van der Waals surface area (Å²) in [5, 5.41) is 3.98. The van der Waals surface area contributed by atoms with Crippen molar-refractivity contribution >= 4 is 50.6 Å². The van der Waals surface area contributed by atoms with Crippen molar-refractivity contribution in [1.82, 2.24) is 0 Å². The van der Waals surface area contributed by atoms with E-state index in [1.165, 1.54) is 18.4 Å². The van der Waals surface area contributed by atoms with Gasteiger partial charge in [0.1, 0.15) is 18.1 Å². The summed E-state index contributed by atoms with van der Waals surface area (Å²) in [6, 6.07) is 9.02. The highest BCUT2D eigenvalue weighted by Crippen LogP contribution is 2.38. The zero-order valence-corrected chi connectivity index (χ0v) is 16.5. The molecule has 0 radical (unpaired) electrons. The Hall–Kier alpha value is -1.95. The van der Waals surface area contributed by atoms with E-state index in [1.54, 1.807) is 25.3 Å². The third-order valence-corrected chi connectivity index (χ3v) is 5.45. The fourth-order valence-corrected chi connectivity index (χ4v) is 4.04. The first-order valence-electron chi connectivity index (χ1n) is 7.73. The minimum atomic E-state index is -0.288. The molecular formula is C19H16Cl2O4S. The Morgan fingerprint density at radius 2 is 1.92 bits per heavy atom. The van der Waals surface area contributed by atoms with Gasteiger partial charge in [-0.1, -0.05) is 29.3 Å². The van der Waals surface area contributed by atoms with E-state index < -0.39 is 0 Å². The van der Waals surface area contributed by atoms with E-state index in [0.29, 0.717) is 28.2 Å². The molecule has 0 amide bonds. The van der Waals surface area contributed by atoms with Gasteiger partial charge in [0.15, 0.2) is 0 Å². The zero-order valence-electron chi connectivity index (χ0n) is 14.2. The Labute approximate surface area is 165 Å². The average Bonchev–Trinajstić information content (AvgIpc) is 3.03. The topological polar surface area (TPSA) is 44.8 Å². The van der Waals surface area contributed by atoms with E-state index in [4.69, 9.17) is 37.4 Å². The van der Waals surface area contributed by atoms with Gasteiger partial charge in [0.05, 0.1) is 20.6 Å². The SMILES string of the molecule is COC(=O)Cc1csc2cc(OCc3ccc(Cl)cc3Cl)cc(OC)c12. The Morgan fingerprint density at radius 1 is 1.12 bits per heavy atom. The first-order chi connectivity index (χ1) is 12.5. The van der Waals surface area contributed by atoms with Crippen LogP contribution in [-0.4, -0.2) is 20.2 Å². The number of benzene rings is 2. The number of carbonyl (C=O) groups is 1. The van der Waals surface area contributed by atoms with Crippen LogP contribution in [-0.2, 0) is 22.6 Å². The highest BCUT2D eigenvalue weighted by Gasteiger charge is 2.15. The van der Waals surface area contributed by atoms with E-state index in [2.05, 4.69) is 0 Å². The Bertz CT molecular complexity index is 952. The van der Waals surface area contributed by atoms with Gasteiger partial charge in [-0.3, -0.25) is 4.79 Å². The second kappa shape index (κ2) is 8.16. The second-order valence-electron chi connectivity index (χ2n) is 5.54. The highest BCUT2D eigenvalue weighted by molar-refractivity contribution is 7.17. The van der Waals surface area contributed by atoms with Gasteiger partial charge < -0.3 is 14.2 Å². The molecule has 3 aromatic rings. The maximum Gasteiger partial charge on any atom is 0.310 e. The Kier molecular flexibility index (Phi) is 5.91. The summed E-state index contributed by atoms with van der Waals surface area (Å²) < 4.78 is 17.1. The number of carbonyl (C=O) groups excluding carboxylic acids is 1. The first kappa shape index (κ1) is 18.8. The van der Waals surface area contributed by atoms with Gasteiger partial charge in [-0.2, -0.15) is 0 Å². The summed E-state index contributed by atoms with van der Waals surface area (Å²) in [7, 11) is 2.97. The molecule has 0 N–H and O–H groups in total. The maximum absolute atomic E-state index is 11.6. The predicted octanol–water partition coefficient (Wildman–Crippen LogP) is 5.51. The van der Waals surface area contributed by atoms with Crippen LogP contribution in [0, 0.1) is 0 Å².